The molecule has 0 aliphatic rings. The van der Waals surface area contributed by atoms with Crippen LogP contribution in [0.5, 0.6) is 0 Å². The molecule has 1 rings (SSSR count). The Bertz CT molecular complexity index is 285. The van der Waals surface area contributed by atoms with Crippen LogP contribution in [0.4, 0.5) is 4.39 Å². The highest BCUT2D eigenvalue weighted by Gasteiger charge is 2.03. The standard InChI is InChI=1S/C7H7Cl2FN2O/c8-6-5(4-13-2-1-10)3-11-7(9)12-6/h3H,1-2,4H2. The van der Waals surface area contributed by atoms with Gasteiger partial charge in [0.15, 0.2) is 0 Å². The first-order valence-electron chi connectivity index (χ1n) is 3.54. The second-order valence-corrected chi connectivity index (χ2v) is 2.89. The molecule has 0 aliphatic carbocycles. The number of hydrogen-bond donors (Lipinski definition) is 0. The van der Waals surface area contributed by atoms with E-state index in [1.807, 2.05) is 0 Å². The number of aromatic nitrogens is 2. The van der Waals surface area contributed by atoms with Gasteiger partial charge in [-0.3, -0.25) is 0 Å². The summed E-state index contributed by atoms with van der Waals surface area (Å²) in [4.78, 5) is 7.41. The monoisotopic (exact) mass is 224 g/mol. The van der Waals surface area contributed by atoms with E-state index in [9.17, 15) is 4.39 Å². The highest BCUT2D eigenvalue weighted by atomic mass is 35.5. The smallest absolute Gasteiger partial charge is 0.223 e. The first-order chi connectivity index (χ1) is 6.24. The van der Waals surface area contributed by atoms with Crippen molar-refractivity contribution < 1.29 is 9.13 Å². The molecule has 0 radical (unpaired) electrons. The third kappa shape index (κ3) is 3.42. The molecule has 0 spiro atoms. The molecule has 72 valence electrons. The maximum Gasteiger partial charge on any atom is 0.223 e. The second kappa shape index (κ2) is 5.32. The van der Waals surface area contributed by atoms with Crippen molar-refractivity contribution in [3.63, 3.8) is 0 Å². The minimum atomic E-state index is -0.522. The van der Waals surface area contributed by atoms with Crippen molar-refractivity contribution in [1.29, 1.82) is 0 Å². The fourth-order valence-corrected chi connectivity index (χ4v) is 1.06. The van der Waals surface area contributed by atoms with Gasteiger partial charge in [0.05, 0.1) is 13.2 Å². The summed E-state index contributed by atoms with van der Waals surface area (Å²) in [6, 6.07) is 0. The Morgan fingerprint density at radius 3 is 2.85 bits per heavy atom. The van der Waals surface area contributed by atoms with Crippen molar-refractivity contribution in [2.45, 2.75) is 6.61 Å². The molecule has 0 amide bonds. The maximum absolute atomic E-state index is 11.7. The molecule has 3 nitrogen and oxygen atoms in total. The molecule has 0 saturated carbocycles. The summed E-state index contributed by atoms with van der Waals surface area (Å²) in [6.07, 6.45) is 1.45. The number of nitrogens with zero attached hydrogens (tertiary/aromatic N) is 2. The Morgan fingerprint density at radius 2 is 2.23 bits per heavy atom. The summed E-state index contributed by atoms with van der Waals surface area (Å²) in [5, 5.41) is 0.318. The van der Waals surface area contributed by atoms with Crippen molar-refractivity contribution in [3.8, 4) is 0 Å². The molecule has 0 bridgehead atoms. The molecule has 1 heterocycles. The van der Waals surface area contributed by atoms with E-state index in [-0.39, 0.29) is 23.7 Å². The number of alkyl halides is 1. The summed E-state index contributed by atoms with van der Waals surface area (Å²) >= 11 is 11.2. The van der Waals surface area contributed by atoms with Gasteiger partial charge in [-0.1, -0.05) is 11.6 Å². The van der Waals surface area contributed by atoms with E-state index < -0.39 is 6.67 Å². The van der Waals surface area contributed by atoms with E-state index in [0.29, 0.717) is 5.56 Å². The first-order valence-corrected chi connectivity index (χ1v) is 4.30. The normalized spacial score (nSPS) is 10.4. The lowest BCUT2D eigenvalue weighted by Crippen LogP contribution is -1.99. The van der Waals surface area contributed by atoms with Crippen molar-refractivity contribution >= 4 is 23.2 Å². The maximum atomic E-state index is 11.7. The Labute approximate surface area is 84.9 Å². The molecule has 13 heavy (non-hydrogen) atoms. The van der Waals surface area contributed by atoms with Gasteiger partial charge in [-0.25, -0.2) is 14.4 Å². The quantitative estimate of drug-likeness (QED) is 0.448. The molecular formula is C7H7Cl2FN2O. The van der Waals surface area contributed by atoms with Crippen LogP contribution in [0.15, 0.2) is 6.20 Å². The summed E-state index contributed by atoms with van der Waals surface area (Å²) in [7, 11) is 0. The number of ether oxygens (including phenoxy) is 1. The van der Waals surface area contributed by atoms with Gasteiger partial charge < -0.3 is 4.74 Å². The Hall–Kier alpha value is -0.450. The lowest BCUT2D eigenvalue weighted by molar-refractivity contribution is 0.106. The third-order valence-electron chi connectivity index (χ3n) is 1.26. The SMILES string of the molecule is FCCOCc1cnc(Cl)nc1Cl. The van der Waals surface area contributed by atoms with Crippen LogP contribution in [0.3, 0.4) is 0 Å². The molecule has 0 fully saturated rings. The van der Waals surface area contributed by atoms with Gasteiger partial charge in [-0.05, 0) is 11.6 Å². The van der Waals surface area contributed by atoms with E-state index in [2.05, 4.69) is 9.97 Å². The fourth-order valence-electron chi connectivity index (χ4n) is 0.700. The van der Waals surface area contributed by atoms with Crippen LogP contribution in [-0.4, -0.2) is 23.2 Å². The lowest BCUT2D eigenvalue weighted by Gasteiger charge is -2.02. The van der Waals surface area contributed by atoms with Crippen LogP contribution in [0.2, 0.25) is 10.4 Å². The fraction of sp³-hybridized carbons (Fsp3) is 0.429. The molecular weight excluding hydrogens is 218 g/mol. The zero-order chi connectivity index (χ0) is 9.68. The molecule has 6 heteroatoms. The van der Waals surface area contributed by atoms with Crippen molar-refractivity contribution in [3.05, 3.63) is 22.2 Å². The predicted molar refractivity (Wildman–Crippen MR) is 47.7 cm³/mol. The van der Waals surface area contributed by atoms with Gasteiger partial charge in [0.25, 0.3) is 0 Å². The predicted octanol–water partition coefficient (Wildman–Crippen LogP) is 2.27. The Morgan fingerprint density at radius 1 is 1.46 bits per heavy atom. The number of halogens is 3. The zero-order valence-corrected chi connectivity index (χ0v) is 8.15. The Kier molecular flexibility index (Phi) is 4.35. The second-order valence-electron chi connectivity index (χ2n) is 2.20. The molecule has 0 atom stereocenters. The largest absolute Gasteiger partial charge is 0.374 e. The van der Waals surface area contributed by atoms with E-state index in [1.165, 1.54) is 6.20 Å². The van der Waals surface area contributed by atoms with Crippen molar-refractivity contribution in [2.75, 3.05) is 13.3 Å². The third-order valence-corrected chi connectivity index (χ3v) is 1.77. The van der Waals surface area contributed by atoms with Gasteiger partial charge in [-0.15, -0.1) is 0 Å². The van der Waals surface area contributed by atoms with Crippen LogP contribution >= 0.6 is 23.2 Å². The summed E-state index contributed by atoms with van der Waals surface area (Å²) in [5.41, 5.74) is 0.597. The van der Waals surface area contributed by atoms with Gasteiger partial charge >= 0.3 is 0 Å². The summed E-state index contributed by atoms with van der Waals surface area (Å²) in [5.74, 6) is 0. The van der Waals surface area contributed by atoms with Gasteiger partial charge in [-0.2, -0.15) is 0 Å². The summed E-state index contributed by atoms with van der Waals surface area (Å²) in [6.45, 7) is -0.287. The minimum Gasteiger partial charge on any atom is -0.374 e. The molecule has 1 aromatic rings. The zero-order valence-electron chi connectivity index (χ0n) is 6.64. The minimum absolute atomic E-state index is 0.0406. The van der Waals surface area contributed by atoms with Gasteiger partial charge in [0, 0.05) is 11.8 Å². The molecule has 0 unspecified atom stereocenters. The van der Waals surface area contributed by atoms with Crippen LogP contribution in [0.25, 0.3) is 0 Å². The topological polar surface area (TPSA) is 35.0 Å². The molecule has 0 saturated heterocycles. The van der Waals surface area contributed by atoms with Crippen LogP contribution in [-0.2, 0) is 11.3 Å². The lowest BCUT2D eigenvalue weighted by atomic mass is 10.4. The molecule has 0 aromatic carbocycles. The molecule has 1 aromatic heterocycles. The van der Waals surface area contributed by atoms with E-state index >= 15 is 0 Å². The van der Waals surface area contributed by atoms with Crippen LogP contribution in [0.1, 0.15) is 5.56 Å². The van der Waals surface area contributed by atoms with E-state index in [0.717, 1.165) is 0 Å². The number of rotatable bonds is 4. The molecule has 0 aliphatic heterocycles. The van der Waals surface area contributed by atoms with Crippen molar-refractivity contribution in [1.82, 2.24) is 9.97 Å². The van der Waals surface area contributed by atoms with Gasteiger partial charge in [0.2, 0.25) is 5.28 Å². The average Bonchev–Trinajstić information content (AvgIpc) is 2.09. The average molecular weight is 225 g/mol. The van der Waals surface area contributed by atoms with Crippen LogP contribution < -0.4 is 0 Å². The van der Waals surface area contributed by atoms with Crippen molar-refractivity contribution in [2.24, 2.45) is 0 Å². The summed E-state index contributed by atoms with van der Waals surface area (Å²) < 4.78 is 16.6. The van der Waals surface area contributed by atoms with E-state index in [4.69, 9.17) is 27.9 Å². The van der Waals surface area contributed by atoms with Gasteiger partial charge in [0.1, 0.15) is 11.8 Å². The number of hydrogen-bond acceptors (Lipinski definition) is 3. The Balaban J connectivity index is 2.56. The van der Waals surface area contributed by atoms with Crippen LogP contribution in [0, 0.1) is 0 Å². The first kappa shape index (κ1) is 10.6. The highest BCUT2D eigenvalue weighted by Crippen LogP contribution is 2.14. The van der Waals surface area contributed by atoms with E-state index in [1.54, 1.807) is 0 Å². The molecule has 0 N–H and O–H groups in total. The highest BCUT2D eigenvalue weighted by molar-refractivity contribution is 6.32.